The van der Waals surface area contributed by atoms with Gasteiger partial charge in [-0.25, -0.2) is 0 Å². The number of fused-ring (bicyclic) bond motifs is 2. The predicted octanol–water partition coefficient (Wildman–Crippen LogP) is 12.4. The Morgan fingerprint density at radius 3 is 0.821 bits per heavy atom. The quantitative estimate of drug-likeness (QED) is 0.168. The molecule has 0 N–H and O–H groups in total. The molecule has 4 heteroatoms. The van der Waals surface area contributed by atoms with Gasteiger partial charge in [0, 0.05) is 42.6 Å². The summed E-state index contributed by atoms with van der Waals surface area (Å²) in [5, 5.41) is 0. The van der Waals surface area contributed by atoms with Crippen molar-refractivity contribution in [3.8, 4) is 0 Å². The summed E-state index contributed by atoms with van der Waals surface area (Å²) >= 11 is 3.03. The fraction of sp³-hybridized carbons (Fsp3) is 0.231. The van der Waals surface area contributed by atoms with Gasteiger partial charge in [-0.15, -0.1) is 0 Å². The van der Waals surface area contributed by atoms with E-state index in [4.69, 9.17) is 0 Å². The monoisotopic (exact) mass is 760 g/mol. The average Bonchev–Trinajstić information content (AvgIpc) is 3.75. The van der Waals surface area contributed by atoms with Crippen molar-refractivity contribution in [2.75, 3.05) is 0 Å². The van der Waals surface area contributed by atoms with Crippen LogP contribution in [0.15, 0.2) is 141 Å². The molecule has 14 rings (SSSR count). The minimum Gasteiger partial charge on any atom is -0.288 e. The number of carbonyl (C=O) groups is 2. The highest BCUT2D eigenvalue weighted by Crippen LogP contribution is 2.67. The summed E-state index contributed by atoms with van der Waals surface area (Å²) in [6.07, 6.45) is 3.62. The van der Waals surface area contributed by atoms with Crippen molar-refractivity contribution < 1.29 is 9.59 Å². The second kappa shape index (κ2) is 10.9. The summed E-state index contributed by atoms with van der Waals surface area (Å²) in [4.78, 5) is 32.8. The number of thioether (sulfide) groups is 2. The number of benzene rings is 6. The van der Waals surface area contributed by atoms with E-state index in [1.807, 2.05) is 0 Å². The van der Waals surface area contributed by atoms with Gasteiger partial charge >= 0.3 is 0 Å². The smallest absolute Gasteiger partial charge is 0.202 e. The van der Waals surface area contributed by atoms with E-state index in [9.17, 15) is 9.59 Å². The molecular formula is C52H40O2S2. The van der Waals surface area contributed by atoms with Gasteiger partial charge in [0.1, 0.15) is 0 Å². The molecule has 0 saturated carbocycles. The Morgan fingerprint density at radius 1 is 0.357 bits per heavy atom. The Balaban J connectivity index is 1.03. The average molecular weight is 761 g/mol. The summed E-state index contributed by atoms with van der Waals surface area (Å²) in [6.45, 7) is 9.19. The molecule has 0 radical (unpaired) electrons. The maximum Gasteiger partial charge on any atom is 0.202 e. The third-order valence-electron chi connectivity index (χ3n) is 15.1. The number of hydrogen-bond donors (Lipinski definition) is 0. The van der Waals surface area contributed by atoms with Crippen molar-refractivity contribution >= 4 is 35.1 Å². The molecule has 2 aliphatic heterocycles. The van der Waals surface area contributed by atoms with Gasteiger partial charge in [0.15, 0.2) is 0 Å². The van der Waals surface area contributed by atoms with Crippen LogP contribution >= 0.6 is 23.5 Å². The second-order valence-corrected chi connectivity index (χ2v) is 18.6. The summed E-state index contributed by atoms with van der Waals surface area (Å²) in [5.74, 6) is -0.0352. The molecule has 6 aromatic rings. The lowest BCUT2D eigenvalue weighted by atomic mass is 9.45. The Labute approximate surface area is 336 Å². The van der Waals surface area contributed by atoms with E-state index in [0.29, 0.717) is 9.81 Å². The molecule has 0 amide bonds. The zero-order valence-corrected chi connectivity index (χ0v) is 33.6. The van der Waals surface area contributed by atoms with Gasteiger partial charge in [0.2, 0.25) is 11.6 Å². The van der Waals surface area contributed by atoms with Crippen LogP contribution in [0.5, 0.6) is 0 Å². The Bertz CT molecular complexity index is 2580. The van der Waals surface area contributed by atoms with Crippen molar-refractivity contribution in [3.63, 3.8) is 0 Å². The van der Waals surface area contributed by atoms with Crippen molar-refractivity contribution in [1.82, 2.24) is 0 Å². The largest absolute Gasteiger partial charge is 0.288 e. The van der Waals surface area contributed by atoms with Gasteiger partial charge < -0.3 is 0 Å². The van der Waals surface area contributed by atoms with Crippen molar-refractivity contribution in [2.45, 2.75) is 84.8 Å². The molecule has 56 heavy (non-hydrogen) atoms. The van der Waals surface area contributed by atoms with E-state index in [0.717, 1.165) is 46.6 Å². The van der Waals surface area contributed by atoms with Crippen LogP contribution in [0.1, 0.15) is 141 Å². The highest BCUT2D eigenvalue weighted by Gasteiger charge is 2.59. The molecule has 0 fully saturated rings. The summed E-state index contributed by atoms with van der Waals surface area (Å²) in [7, 11) is 0. The molecule has 0 saturated heterocycles. The molecule has 6 aromatic carbocycles. The summed E-state index contributed by atoms with van der Waals surface area (Å²) in [5.41, 5.74) is 16.3. The first-order valence-corrected chi connectivity index (χ1v) is 22.0. The topological polar surface area (TPSA) is 34.1 Å². The molecule has 0 unspecified atom stereocenters. The molecule has 6 aliphatic carbocycles. The first-order chi connectivity index (χ1) is 27.4. The van der Waals surface area contributed by atoms with Crippen molar-refractivity contribution in [3.05, 3.63) is 209 Å². The lowest BCUT2D eigenvalue weighted by Gasteiger charge is -2.56. The Kier molecular flexibility index (Phi) is 6.49. The maximum absolute atomic E-state index is 14.8. The molecule has 8 aliphatic rings. The first-order valence-electron chi connectivity index (χ1n) is 20.3. The molecule has 4 bridgehead atoms. The number of allylic oxidation sites excluding steroid dienone is 2. The summed E-state index contributed by atoms with van der Waals surface area (Å²) < 4.78 is 0. The minimum absolute atomic E-state index is 0.0176. The van der Waals surface area contributed by atoms with Gasteiger partial charge in [0.25, 0.3) is 0 Å². The molecule has 0 atom stereocenters. The van der Waals surface area contributed by atoms with Crippen LogP contribution in [0.25, 0.3) is 0 Å². The standard InChI is InChI=1S/C52H40O2S2/c1-5-49-31-17-9-13-21-35(31)51(7-3,36-22-14-10-18-32(36)49)41-27-43-29(25-39(41)49)45(53)47(55-43)48-46(54)30-26-40-42(28-44(30)56-48)52(8-4)37-23-15-11-19-33(37)50(40,6-2)34-20-12-16-24-38(34)52/h9-28H,5-8H2,1-4H3/b48-47-. The van der Waals surface area contributed by atoms with Crippen LogP contribution in [0.3, 0.4) is 0 Å². The van der Waals surface area contributed by atoms with Crippen molar-refractivity contribution in [2.24, 2.45) is 0 Å². The SMILES string of the molecule is CCC12c3ccccc3C(CC)(c3ccccc31)c1cc3c(cc12)S/C(=C1\Sc2cc4c(cc2C1=O)C1(CC)c2ccccc2C4(CC)c2ccccc21)C3=O. The molecular weight excluding hydrogens is 721 g/mol. The van der Waals surface area contributed by atoms with Crippen molar-refractivity contribution in [1.29, 1.82) is 0 Å². The van der Waals surface area contributed by atoms with Crippen LogP contribution in [0.2, 0.25) is 0 Å². The van der Waals surface area contributed by atoms with Crippen LogP contribution in [-0.4, -0.2) is 11.6 Å². The first kappa shape index (κ1) is 33.3. The maximum atomic E-state index is 14.8. The highest BCUT2D eigenvalue weighted by molar-refractivity contribution is 8.08. The predicted molar refractivity (Wildman–Crippen MR) is 227 cm³/mol. The molecule has 0 spiro atoms. The van der Waals surface area contributed by atoms with Gasteiger partial charge in [0.05, 0.1) is 9.81 Å². The van der Waals surface area contributed by atoms with Crippen LogP contribution in [0, 0.1) is 0 Å². The summed E-state index contributed by atoms with van der Waals surface area (Å²) in [6, 6.07) is 45.1. The van der Waals surface area contributed by atoms with Gasteiger partial charge in [-0.05, 0) is 117 Å². The van der Waals surface area contributed by atoms with Gasteiger partial charge in [-0.1, -0.05) is 148 Å². The minimum atomic E-state index is -0.346. The fourth-order valence-corrected chi connectivity index (χ4v) is 15.2. The zero-order chi connectivity index (χ0) is 37.9. The molecule has 2 nitrogen and oxygen atoms in total. The molecule has 0 aromatic heterocycles. The molecule has 2 heterocycles. The number of carbonyl (C=O) groups excluding carboxylic acids is 2. The Morgan fingerprint density at radius 2 is 0.589 bits per heavy atom. The molecule has 272 valence electrons. The van der Waals surface area contributed by atoms with E-state index in [1.54, 1.807) is 0 Å². The highest BCUT2D eigenvalue weighted by atomic mass is 32.2. The van der Waals surface area contributed by atoms with E-state index in [-0.39, 0.29) is 33.2 Å². The third kappa shape index (κ3) is 3.39. The number of ketones is 2. The van der Waals surface area contributed by atoms with Gasteiger partial charge in [-0.3, -0.25) is 9.59 Å². The van der Waals surface area contributed by atoms with Crippen LogP contribution < -0.4 is 0 Å². The zero-order valence-electron chi connectivity index (χ0n) is 32.0. The lowest BCUT2D eigenvalue weighted by Crippen LogP contribution is -2.50. The lowest BCUT2D eigenvalue weighted by molar-refractivity contribution is 0.101. The number of Topliss-reactive ketones (excluding diaryl/α,β-unsaturated/α-hetero) is 2. The van der Waals surface area contributed by atoms with Crippen LogP contribution in [-0.2, 0) is 21.7 Å². The van der Waals surface area contributed by atoms with E-state index in [2.05, 4.69) is 149 Å². The number of rotatable bonds is 4. The second-order valence-electron chi connectivity index (χ2n) is 16.5. The van der Waals surface area contributed by atoms with E-state index < -0.39 is 0 Å². The normalized spacial score (nSPS) is 27.6. The van der Waals surface area contributed by atoms with Crippen LogP contribution in [0.4, 0.5) is 0 Å². The van der Waals surface area contributed by atoms with E-state index in [1.165, 1.54) is 90.3 Å². The Hall–Kier alpha value is -4.90. The van der Waals surface area contributed by atoms with E-state index >= 15 is 0 Å². The van der Waals surface area contributed by atoms with Gasteiger partial charge in [-0.2, -0.15) is 0 Å². The fourth-order valence-electron chi connectivity index (χ4n) is 12.9. The number of hydrogen-bond acceptors (Lipinski definition) is 4. The third-order valence-corrected chi connectivity index (χ3v) is 17.6.